The Balaban J connectivity index is 1.75. The van der Waals surface area contributed by atoms with E-state index in [0.717, 1.165) is 11.1 Å². The van der Waals surface area contributed by atoms with Gasteiger partial charge in [0.05, 0.1) is 12.2 Å². The molecule has 1 aliphatic heterocycles. The van der Waals surface area contributed by atoms with E-state index < -0.39 is 10.8 Å². The number of terminal acetylenes is 1. The molecule has 27 heavy (non-hydrogen) atoms. The zero-order chi connectivity index (χ0) is 19.2. The first-order valence-electron chi connectivity index (χ1n) is 8.99. The van der Waals surface area contributed by atoms with E-state index in [2.05, 4.69) is 5.92 Å². The number of amides is 1. The average Bonchev–Trinajstić information content (AvgIpc) is 2.66. The maximum atomic E-state index is 12.9. The molecule has 1 saturated heterocycles. The second-order valence-corrected chi connectivity index (χ2v) is 8.66. The van der Waals surface area contributed by atoms with Crippen molar-refractivity contribution in [2.75, 3.05) is 0 Å². The normalized spacial score (nSPS) is 18.4. The largest absolute Gasteiger partial charge is 0.324 e. The number of β-lactam (4-membered cyclic amide) rings is 1. The molecule has 0 spiro atoms. The van der Waals surface area contributed by atoms with Crippen molar-refractivity contribution in [3.63, 3.8) is 0 Å². The van der Waals surface area contributed by atoms with Gasteiger partial charge < -0.3 is 4.90 Å². The topological polar surface area (TPSA) is 37.4 Å². The molecular formula is C22H22ClNO2S. The molecule has 3 unspecified atom stereocenters. The Morgan fingerprint density at radius 3 is 2.56 bits per heavy atom. The van der Waals surface area contributed by atoms with Crippen molar-refractivity contribution in [2.24, 2.45) is 0 Å². The number of carbonyl (C=O) groups is 1. The number of rotatable bonds is 8. The van der Waals surface area contributed by atoms with Gasteiger partial charge in [0.2, 0.25) is 5.91 Å². The number of nitrogens with zero attached hydrogens (tertiary/aromatic N) is 1. The van der Waals surface area contributed by atoms with Crippen LogP contribution in [0.4, 0.5) is 0 Å². The van der Waals surface area contributed by atoms with Gasteiger partial charge in [-0.25, -0.2) is 0 Å². The first kappa shape index (κ1) is 19.7. The van der Waals surface area contributed by atoms with Crippen molar-refractivity contribution >= 4 is 28.3 Å². The first-order chi connectivity index (χ1) is 13.1. The molecule has 0 aliphatic carbocycles. The van der Waals surface area contributed by atoms with Crippen LogP contribution in [0.1, 0.15) is 30.4 Å². The number of likely N-dealkylation sites (tertiary alicyclic amines) is 1. The maximum Gasteiger partial charge on any atom is 0.226 e. The molecule has 1 amide bonds. The number of hydrogen-bond donors (Lipinski definition) is 0. The highest BCUT2D eigenvalue weighted by atomic mass is 35.5. The van der Waals surface area contributed by atoms with Gasteiger partial charge in [-0.15, -0.1) is 12.3 Å². The third-order valence-corrected chi connectivity index (χ3v) is 6.82. The van der Waals surface area contributed by atoms with E-state index in [1.807, 2.05) is 54.6 Å². The van der Waals surface area contributed by atoms with E-state index in [4.69, 9.17) is 18.0 Å². The molecule has 5 heteroatoms. The van der Waals surface area contributed by atoms with Gasteiger partial charge >= 0.3 is 0 Å². The summed E-state index contributed by atoms with van der Waals surface area (Å²) in [6.07, 6.45) is 7.64. The molecule has 3 nitrogen and oxygen atoms in total. The summed E-state index contributed by atoms with van der Waals surface area (Å²) in [7, 11) is -1.15. The fraction of sp³-hybridized carbons (Fsp3) is 0.318. The van der Waals surface area contributed by atoms with Crippen LogP contribution in [0.15, 0.2) is 54.6 Å². The Morgan fingerprint density at radius 1 is 1.19 bits per heavy atom. The van der Waals surface area contributed by atoms with Crippen molar-refractivity contribution in [3.05, 3.63) is 70.7 Å². The van der Waals surface area contributed by atoms with Crippen LogP contribution in [0.25, 0.3) is 0 Å². The van der Waals surface area contributed by atoms with Crippen LogP contribution < -0.4 is 0 Å². The fourth-order valence-electron chi connectivity index (χ4n) is 3.40. The molecule has 1 aliphatic rings. The summed E-state index contributed by atoms with van der Waals surface area (Å²) in [6, 6.07) is 17.3. The van der Waals surface area contributed by atoms with E-state index in [-0.39, 0.29) is 17.3 Å². The molecule has 1 heterocycles. The van der Waals surface area contributed by atoms with Gasteiger partial charge in [0.15, 0.2) is 0 Å². The summed E-state index contributed by atoms with van der Waals surface area (Å²) in [6.45, 7) is 0. The SMILES string of the molecule is C#CCCC(Cc1ccccc1Cl)N1C(=O)CC1S(=O)Cc1ccccc1. The van der Waals surface area contributed by atoms with Crippen molar-refractivity contribution in [1.29, 1.82) is 0 Å². The predicted molar refractivity (Wildman–Crippen MR) is 111 cm³/mol. The van der Waals surface area contributed by atoms with Crippen molar-refractivity contribution in [1.82, 2.24) is 4.90 Å². The van der Waals surface area contributed by atoms with Gasteiger partial charge in [0.1, 0.15) is 5.37 Å². The Bertz CT molecular complexity index is 862. The molecule has 1 fully saturated rings. The quantitative estimate of drug-likeness (QED) is 0.493. The van der Waals surface area contributed by atoms with Crippen LogP contribution in [0, 0.1) is 12.3 Å². The van der Waals surface area contributed by atoms with Crippen LogP contribution in [0.2, 0.25) is 5.02 Å². The van der Waals surface area contributed by atoms with Crippen LogP contribution in [-0.4, -0.2) is 26.4 Å². The number of carbonyl (C=O) groups excluding carboxylic acids is 1. The van der Waals surface area contributed by atoms with Gasteiger partial charge in [0, 0.05) is 28.3 Å². The molecule has 0 radical (unpaired) electrons. The summed E-state index contributed by atoms with van der Waals surface area (Å²) in [5.74, 6) is 3.14. The third kappa shape index (κ3) is 4.80. The van der Waals surface area contributed by atoms with E-state index >= 15 is 0 Å². The summed E-state index contributed by atoms with van der Waals surface area (Å²) in [4.78, 5) is 14.2. The van der Waals surface area contributed by atoms with E-state index in [9.17, 15) is 9.00 Å². The minimum absolute atomic E-state index is 0.0375. The Labute approximate surface area is 168 Å². The maximum absolute atomic E-state index is 12.9. The average molecular weight is 400 g/mol. The molecule has 3 rings (SSSR count). The van der Waals surface area contributed by atoms with Gasteiger partial charge in [-0.1, -0.05) is 60.1 Å². The minimum Gasteiger partial charge on any atom is -0.324 e. The Morgan fingerprint density at radius 2 is 1.89 bits per heavy atom. The Kier molecular flexibility index (Phi) is 6.71. The number of benzene rings is 2. The summed E-state index contributed by atoms with van der Waals surface area (Å²) >= 11 is 6.31. The first-order valence-corrected chi connectivity index (χ1v) is 10.7. The highest BCUT2D eigenvalue weighted by molar-refractivity contribution is 7.85. The fourth-order valence-corrected chi connectivity index (χ4v) is 5.20. The zero-order valence-corrected chi connectivity index (χ0v) is 16.6. The molecule has 2 aromatic rings. The monoisotopic (exact) mass is 399 g/mol. The van der Waals surface area contributed by atoms with Gasteiger partial charge in [-0.3, -0.25) is 9.00 Å². The lowest BCUT2D eigenvalue weighted by Crippen LogP contribution is -2.59. The van der Waals surface area contributed by atoms with E-state index in [1.165, 1.54) is 0 Å². The lowest BCUT2D eigenvalue weighted by molar-refractivity contribution is -0.145. The number of halogens is 1. The standard InChI is InChI=1S/C22H22ClNO2S/c1-2-3-12-19(14-18-11-7-8-13-20(18)23)24-21(25)15-22(24)27(26)16-17-9-5-4-6-10-17/h1,4-11,13,19,22H,3,12,14-16H2. The minimum atomic E-state index is -1.15. The molecule has 0 bridgehead atoms. The summed E-state index contributed by atoms with van der Waals surface area (Å²) in [5, 5.41) is 0.418. The van der Waals surface area contributed by atoms with Crippen molar-refractivity contribution in [3.8, 4) is 12.3 Å². The number of hydrogen-bond acceptors (Lipinski definition) is 2. The summed E-state index contributed by atoms with van der Waals surface area (Å²) in [5.41, 5.74) is 2.00. The molecule has 0 N–H and O–H groups in total. The molecule has 3 atom stereocenters. The van der Waals surface area contributed by atoms with Gasteiger partial charge in [-0.05, 0) is 30.0 Å². The molecule has 2 aromatic carbocycles. The smallest absolute Gasteiger partial charge is 0.226 e. The van der Waals surface area contributed by atoms with Gasteiger partial charge in [-0.2, -0.15) is 0 Å². The Hall–Kier alpha value is -2.09. The lowest BCUT2D eigenvalue weighted by atomic mass is 9.97. The second-order valence-electron chi connectivity index (χ2n) is 6.66. The highest BCUT2D eigenvalue weighted by Crippen LogP contribution is 2.31. The van der Waals surface area contributed by atoms with Crippen LogP contribution >= 0.6 is 11.6 Å². The van der Waals surface area contributed by atoms with E-state index in [1.54, 1.807) is 4.90 Å². The predicted octanol–water partition coefficient (Wildman–Crippen LogP) is 4.17. The lowest BCUT2D eigenvalue weighted by Gasteiger charge is -2.45. The van der Waals surface area contributed by atoms with Crippen LogP contribution in [-0.2, 0) is 27.8 Å². The van der Waals surface area contributed by atoms with E-state index in [0.29, 0.717) is 36.5 Å². The molecular weight excluding hydrogens is 378 g/mol. The van der Waals surface area contributed by atoms with Gasteiger partial charge in [0.25, 0.3) is 0 Å². The molecule has 0 saturated carbocycles. The molecule has 140 valence electrons. The third-order valence-electron chi connectivity index (χ3n) is 4.83. The second kappa shape index (κ2) is 9.21. The van der Waals surface area contributed by atoms with Crippen molar-refractivity contribution < 1.29 is 9.00 Å². The van der Waals surface area contributed by atoms with Crippen LogP contribution in [0.5, 0.6) is 0 Å². The summed E-state index contributed by atoms with van der Waals surface area (Å²) < 4.78 is 12.9. The van der Waals surface area contributed by atoms with Crippen LogP contribution in [0.3, 0.4) is 0 Å². The molecule has 0 aromatic heterocycles. The zero-order valence-electron chi connectivity index (χ0n) is 15.0. The van der Waals surface area contributed by atoms with Crippen molar-refractivity contribution in [2.45, 2.75) is 42.9 Å². The highest BCUT2D eigenvalue weighted by Gasteiger charge is 2.43.